The second kappa shape index (κ2) is 8.36. The predicted molar refractivity (Wildman–Crippen MR) is 70.5 cm³/mol. The molecule has 0 aliphatic carbocycles. The molecule has 1 heterocycles. The summed E-state index contributed by atoms with van der Waals surface area (Å²) >= 11 is 0. The van der Waals surface area contributed by atoms with Crippen LogP contribution in [0.4, 0.5) is 5.69 Å². The highest BCUT2D eigenvalue weighted by molar-refractivity contribution is 5.93. The Morgan fingerprint density at radius 1 is 1.22 bits per heavy atom. The molecule has 2 N–H and O–H groups in total. The molecule has 1 aromatic heterocycles. The highest BCUT2D eigenvalue weighted by Gasteiger charge is 2.10. The van der Waals surface area contributed by atoms with Gasteiger partial charge in [-0.25, -0.2) is 0 Å². The molecule has 0 unspecified atom stereocenters. The average Bonchev–Trinajstić information content (AvgIpc) is 2.45. The molecule has 0 atom stereocenters. The maximum Gasteiger partial charge on any atom is 0.235 e. The van der Waals surface area contributed by atoms with Crippen LogP contribution in [-0.4, -0.2) is 27.9 Å². The highest BCUT2D eigenvalue weighted by Crippen LogP contribution is 2.27. The first-order chi connectivity index (χ1) is 10.7. The first kappa shape index (κ1) is 18.7. The smallest absolute Gasteiger partial charge is 0.235 e. The lowest BCUT2D eigenvalue weighted by atomic mass is 10.1. The molecule has 23 heavy (non-hydrogen) atoms. The van der Waals surface area contributed by atoms with E-state index in [2.05, 4.69) is 15.5 Å². The Morgan fingerprint density at radius 3 is 2.26 bits per heavy atom. The molecule has 0 radical (unpaired) electrons. The molecule has 0 saturated heterocycles. The van der Waals surface area contributed by atoms with Gasteiger partial charge in [0.15, 0.2) is 0 Å². The highest BCUT2D eigenvalue weighted by atomic mass is 35.7. The summed E-state index contributed by atoms with van der Waals surface area (Å²) in [5, 5.41) is 10.7. The van der Waals surface area contributed by atoms with Gasteiger partial charge in [0.1, 0.15) is 5.69 Å². The molecule has 0 fully saturated rings. The summed E-state index contributed by atoms with van der Waals surface area (Å²) < 4.78 is 37.7. The zero-order chi connectivity index (χ0) is 17.5. The molecule has 1 amide bonds. The van der Waals surface area contributed by atoms with E-state index in [0.29, 0.717) is 17.3 Å². The number of rotatable bonds is 3. The normalized spacial score (nSPS) is 10.3. The fourth-order valence-electron chi connectivity index (χ4n) is 1.57. The van der Waals surface area contributed by atoms with Crippen molar-refractivity contribution in [1.82, 2.24) is 10.2 Å². The largest absolute Gasteiger partial charge is 0.480 e. The van der Waals surface area contributed by atoms with E-state index in [1.165, 1.54) is 14.0 Å². The Kier molecular flexibility index (Phi) is 6.82. The number of hydrogen-bond donors (Lipinski definition) is 2. The van der Waals surface area contributed by atoms with E-state index in [9.17, 15) is 4.79 Å². The van der Waals surface area contributed by atoms with Crippen molar-refractivity contribution >= 4 is 11.6 Å². The van der Waals surface area contributed by atoms with Crippen LogP contribution in [0.15, 0.2) is 36.4 Å². The number of methoxy groups -OCH3 is 1. The van der Waals surface area contributed by atoms with Crippen LogP contribution in [0.1, 0.15) is 6.92 Å². The fraction of sp³-hybridized carbons (Fsp3) is 0.154. The van der Waals surface area contributed by atoms with Crippen LogP contribution < -0.4 is 24.0 Å². The van der Waals surface area contributed by atoms with Gasteiger partial charge < -0.3 is 10.1 Å². The Hall–Kier alpha value is -2.30. The lowest BCUT2D eigenvalue weighted by Gasteiger charge is -2.09. The van der Waals surface area contributed by atoms with Crippen molar-refractivity contribution in [2.45, 2.75) is 6.92 Å². The van der Waals surface area contributed by atoms with Gasteiger partial charge in [0.05, 0.1) is 27.7 Å². The summed E-state index contributed by atoms with van der Waals surface area (Å²) in [6.45, 7) is 1.45. The maximum atomic E-state index is 11.2. The molecule has 0 saturated carbocycles. The van der Waals surface area contributed by atoms with Gasteiger partial charge in [-0.15, -0.1) is 10.2 Å². The number of hydrogen-bond acceptors (Lipinski definition) is 8. The van der Waals surface area contributed by atoms with Crippen molar-refractivity contribution in [3.8, 4) is 17.1 Å². The molecule has 2 rings (SSSR count). The Balaban J connectivity index is 0.000000463. The van der Waals surface area contributed by atoms with Crippen LogP contribution in [0.25, 0.3) is 11.3 Å². The quantitative estimate of drug-likeness (QED) is 0.647. The van der Waals surface area contributed by atoms with Gasteiger partial charge in [0.25, 0.3) is 0 Å². The lowest BCUT2D eigenvalue weighted by Crippen LogP contribution is -2.58. The number of ether oxygens (including phenoxy) is 1. The molecule has 2 aromatic rings. The Labute approximate surface area is 133 Å². The van der Waals surface area contributed by atoms with Crippen molar-refractivity contribution in [2.75, 3.05) is 12.4 Å². The van der Waals surface area contributed by atoms with E-state index < -0.39 is 10.2 Å². The van der Waals surface area contributed by atoms with Gasteiger partial charge in [-0.05, 0) is 0 Å². The summed E-state index contributed by atoms with van der Waals surface area (Å²) in [6, 6.07) is 11.2. The number of nitrogens with zero attached hydrogens (tertiary/aromatic N) is 2. The number of halogens is 1. The molecule has 0 spiro atoms. The van der Waals surface area contributed by atoms with Crippen molar-refractivity contribution in [1.29, 1.82) is 0 Å². The number of nitrogens with one attached hydrogen (secondary N) is 1. The third-order valence-corrected chi connectivity index (χ3v) is 2.34. The molecule has 9 nitrogen and oxygen atoms in total. The molecular weight excluding hydrogens is 330 g/mol. The average molecular weight is 344 g/mol. The minimum absolute atomic E-state index is 0.165. The molecule has 0 aliphatic heterocycles. The summed E-state index contributed by atoms with van der Waals surface area (Å²) in [5.74, 6) is 0.195. The van der Waals surface area contributed by atoms with Gasteiger partial charge >= 0.3 is 0 Å². The van der Waals surface area contributed by atoms with Crippen LogP contribution in [0.3, 0.4) is 0 Å². The Morgan fingerprint density at radius 2 is 1.78 bits per heavy atom. The molecule has 0 aliphatic rings. The van der Waals surface area contributed by atoms with Crippen LogP contribution in [0.5, 0.6) is 5.88 Å². The maximum absolute atomic E-state index is 11.2. The summed E-state index contributed by atoms with van der Waals surface area (Å²) in [6.07, 6.45) is 0. The van der Waals surface area contributed by atoms with Gasteiger partial charge in [0.2, 0.25) is 11.8 Å². The van der Waals surface area contributed by atoms with Crippen LogP contribution in [0, 0.1) is 10.2 Å². The van der Waals surface area contributed by atoms with Crippen molar-refractivity contribution in [3.63, 3.8) is 0 Å². The molecular formula is C13H14ClN3O6. The van der Waals surface area contributed by atoms with E-state index in [0.717, 1.165) is 5.56 Å². The number of anilines is 1. The van der Waals surface area contributed by atoms with Crippen LogP contribution in [0.2, 0.25) is 0 Å². The third kappa shape index (κ3) is 7.49. The van der Waals surface area contributed by atoms with Gasteiger partial charge in [-0.2, -0.15) is 14.0 Å². The first-order valence-corrected chi connectivity index (χ1v) is 7.35. The van der Waals surface area contributed by atoms with E-state index in [1.54, 1.807) is 6.07 Å². The predicted octanol–water partition coefficient (Wildman–Crippen LogP) is -2.01. The zero-order valence-corrected chi connectivity index (χ0v) is 13.0. The number of carbonyl (C=O) groups excluding carboxylic acids is 1. The van der Waals surface area contributed by atoms with Crippen molar-refractivity contribution in [2.24, 2.45) is 0 Å². The van der Waals surface area contributed by atoms with Crippen molar-refractivity contribution in [3.05, 3.63) is 36.4 Å². The van der Waals surface area contributed by atoms with Gasteiger partial charge in [-0.1, -0.05) is 30.3 Å². The standard InChI is InChI=1S/C13H13N3O2.ClHO4/c1-9(17)14-11-8-12(18-2)15-16-13(11)10-6-4-3-5-7-10;2-1(3,4)5/h3-8H,1-2H3,(H,14,15,17);(H,2,3,4,5). The number of benzene rings is 1. The Bertz CT molecular complexity index is 642. The SMILES string of the molecule is COc1cc(NC(C)=O)c(-c2ccccc2)nn1.[O-][Cl+3]([O-])([O-])O. The summed E-state index contributed by atoms with van der Waals surface area (Å²) in [5.41, 5.74) is 2.09. The summed E-state index contributed by atoms with van der Waals surface area (Å²) in [7, 11) is -3.19. The van der Waals surface area contributed by atoms with Crippen molar-refractivity contribution < 1.29 is 38.4 Å². The third-order valence-electron chi connectivity index (χ3n) is 2.34. The van der Waals surface area contributed by atoms with Gasteiger partial charge in [0, 0.05) is 18.6 Å². The lowest BCUT2D eigenvalue weighted by molar-refractivity contribution is -1.92. The molecule has 124 valence electrons. The first-order valence-electron chi connectivity index (χ1n) is 6.08. The molecule has 0 bridgehead atoms. The minimum Gasteiger partial charge on any atom is -0.480 e. The number of aromatic nitrogens is 2. The van der Waals surface area contributed by atoms with Crippen LogP contribution >= 0.6 is 0 Å². The van der Waals surface area contributed by atoms with Crippen LogP contribution in [-0.2, 0) is 4.79 Å². The molecule has 10 heteroatoms. The van der Waals surface area contributed by atoms with E-state index in [-0.39, 0.29) is 5.91 Å². The second-order valence-electron chi connectivity index (χ2n) is 4.09. The number of carbonyl (C=O) groups is 1. The monoisotopic (exact) mass is 343 g/mol. The summed E-state index contributed by atoms with van der Waals surface area (Å²) in [4.78, 5) is 11.2. The zero-order valence-electron chi connectivity index (χ0n) is 12.2. The van der Waals surface area contributed by atoms with E-state index in [4.69, 9.17) is 23.4 Å². The molecule has 1 aromatic carbocycles. The minimum atomic E-state index is -4.69. The van der Waals surface area contributed by atoms with Gasteiger partial charge in [-0.3, -0.25) is 4.79 Å². The van der Waals surface area contributed by atoms with E-state index in [1.807, 2.05) is 30.3 Å². The number of amides is 1. The second-order valence-corrected chi connectivity index (χ2v) is 4.88. The fourth-order valence-corrected chi connectivity index (χ4v) is 1.57. The topological polar surface area (TPSA) is 154 Å². The van der Waals surface area contributed by atoms with E-state index >= 15 is 0 Å².